The van der Waals surface area contributed by atoms with Crippen LogP contribution in [0, 0.1) is 23.1 Å². The number of carbonyl (C=O) groups is 1. The molecular formula is C21H31FN2O3S. The summed E-state index contributed by atoms with van der Waals surface area (Å²) in [6.45, 7) is 8.08. The van der Waals surface area contributed by atoms with Gasteiger partial charge in [0, 0.05) is 32.1 Å². The topological polar surface area (TPSA) is 57.7 Å². The molecule has 5 nitrogen and oxygen atoms in total. The summed E-state index contributed by atoms with van der Waals surface area (Å²) >= 11 is 0. The third-order valence-electron chi connectivity index (χ3n) is 6.29. The van der Waals surface area contributed by atoms with E-state index in [1.54, 1.807) is 4.90 Å². The average Bonchev–Trinajstić information content (AvgIpc) is 2.67. The average molecular weight is 411 g/mol. The molecule has 0 unspecified atom stereocenters. The van der Waals surface area contributed by atoms with E-state index >= 15 is 0 Å². The van der Waals surface area contributed by atoms with E-state index in [-0.39, 0.29) is 35.2 Å². The summed E-state index contributed by atoms with van der Waals surface area (Å²) in [5.74, 6) is 0.311. The van der Waals surface area contributed by atoms with E-state index in [2.05, 4.69) is 20.8 Å². The van der Waals surface area contributed by atoms with E-state index in [0.29, 0.717) is 19.0 Å². The smallest absolute Gasteiger partial charge is 0.243 e. The number of hydrogen-bond donors (Lipinski definition) is 0. The summed E-state index contributed by atoms with van der Waals surface area (Å²) in [6.07, 6.45) is 3.99. The van der Waals surface area contributed by atoms with Gasteiger partial charge >= 0.3 is 0 Å². The Kier molecular flexibility index (Phi) is 6.15. The second kappa shape index (κ2) is 8.11. The van der Waals surface area contributed by atoms with Gasteiger partial charge in [-0.25, -0.2) is 12.8 Å². The molecule has 0 spiro atoms. The molecule has 1 aliphatic heterocycles. The Morgan fingerprint density at radius 1 is 1.04 bits per heavy atom. The van der Waals surface area contributed by atoms with Crippen LogP contribution in [0.25, 0.3) is 0 Å². The number of sulfonamides is 1. The van der Waals surface area contributed by atoms with Crippen LogP contribution in [0.1, 0.15) is 46.5 Å². The number of benzene rings is 1. The molecule has 1 aromatic rings. The van der Waals surface area contributed by atoms with Crippen LogP contribution in [0.5, 0.6) is 0 Å². The maximum atomic E-state index is 13.4. The highest BCUT2D eigenvalue weighted by Gasteiger charge is 2.36. The third-order valence-corrected chi connectivity index (χ3v) is 8.18. The Morgan fingerprint density at radius 3 is 2.18 bits per heavy atom. The van der Waals surface area contributed by atoms with Crippen LogP contribution < -0.4 is 0 Å². The molecule has 156 valence electrons. The number of carbonyl (C=O) groups excluding carboxylic acids is 1. The van der Waals surface area contributed by atoms with Crippen molar-refractivity contribution in [2.24, 2.45) is 17.3 Å². The normalized spacial score (nSPS) is 24.9. The van der Waals surface area contributed by atoms with Crippen molar-refractivity contribution in [3.63, 3.8) is 0 Å². The molecule has 0 N–H and O–H groups in total. The van der Waals surface area contributed by atoms with Crippen LogP contribution in [0.15, 0.2) is 29.2 Å². The first-order valence-corrected chi connectivity index (χ1v) is 11.6. The number of nitrogens with zero attached hydrogens (tertiary/aromatic N) is 2. The molecule has 3 rings (SSSR count). The molecule has 1 saturated heterocycles. The van der Waals surface area contributed by atoms with E-state index in [1.807, 2.05) is 0 Å². The van der Waals surface area contributed by atoms with Crippen molar-refractivity contribution < 1.29 is 17.6 Å². The van der Waals surface area contributed by atoms with Crippen LogP contribution in [-0.2, 0) is 14.8 Å². The van der Waals surface area contributed by atoms with Crippen LogP contribution in [-0.4, -0.2) is 49.7 Å². The van der Waals surface area contributed by atoms with Crippen molar-refractivity contribution >= 4 is 15.9 Å². The summed E-state index contributed by atoms with van der Waals surface area (Å²) in [5, 5.41) is 0. The summed E-state index contributed by atoms with van der Waals surface area (Å²) in [6, 6.07) is 5.07. The fourth-order valence-corrected chi connectivity index (χ4v) is 5.84. The zero-order chi connectivity index (χ0) is 20.5. The quantitative estimate of drug-likeness (QED) is 0.766. The Morgan fingerprint density at radius 2 is 1.64 bits per heavy atom. The van der Waals surface area contributed by atoms with E-state index in [0.717, 1.165) is 31.7 Å². The Labute approximate surface area is 168 Å². The molecule has 1 aromatic carbocycles. The van der Waals surface area contributed by atoms with Crippen molar-refractivity contribution in [1.82, 2.24) is 9.21 Å². The fourth-order valence-electron chi connectivity index (χ4n) is 4.39. The lowest BCUT2D eigenvalue weighted by Gasteiger charge is -2.39. The largest absolute Gasteiger partial charge is 0.340 e. The van der Waals surface area contributed by atoms with Gasteiger partial charge in [-0.15, -0.1) is 0 Å². The zero-order valence-corrected chi connectivity index (χ0v) is 17.8. The van der Waals surface area contributed by atoms with Crippen LogP contribution in [0.4, 0.5) is 4.39 Å². The summed E-state index contributed by atoms with van der Waals surface area (Å²) < 4.78 is 40.2. The van der Waals surface area contributed by atoms with Gasteiger partial charge in [0.2, 0.25) is 15.9 Å². The van der Waals surface area contributed by atoms with E-state index in [9.17, 15) is 17.6 Å². The third kappa shape index (κ3) is 4.57. The summed E-state index contributed by atoms with van der Waals surface area (Å²) in [7, 11) is -3.73. The SMILES string of the molecule is CC(C)(C)C1CCC(C(=O)N2CCN(S(=O)(=O)c3cccc(F)c3)CC2)CC1. The molecule has 1 amide bonds. The molecule has 0 bridgehead atoms. The predicted octanol–water partition coefficient (Wildman–Crippen LogP) is 3.51. The van der Waals surface area contributed by atoms with Gasteiger partial charge in [0.05, 0.1) is 4.90 Å². The van der Waals surface area contributed by atoms with Gasteiger partial charge in [-0.3, -0.25) is 4.79 Å². The number of halogens is 1. The Hall–Kier alpha value is -1.47. The van der Waals surface area contributed by atoms with Gasteiger partial charge in [0.1, 0.15) is 5.82 Å². The lowest BCUT2D eigenvalue weighted by atomic mass is 9.69. The first-order chi connectivity index (χ1) is 13.1. The molecule has 28 heavy (non-hydrogen) atoms. The molecule has 2 fully saturated rings. The zero-order valence-electron chi connectivity index (χ0n) is 17.0. The summed E-state index contributed by atoms with van der Waals surface area (Å²) in [4.78, 5) is 14.7. The highest BCUT2D eigenvalue weighted by molar-refractivity contribution is 7.89. The monoisotopic (exact) mass is 410 g/mol. The van der Waals surface area contributed by atoms with Gasteiger partial charge in [0.15, 0.2) is 0 Å². The molecule has 7 heteroatoms. The van der Waals surface area contributed by atoms with Crippen molar-refractivity contribution in [3.8, 4) is 0 Å². The van der Waals surface area contributed by atoms with Gasteiger partial charge in [0.25, 0.3) is 0 Å². The number of amides is 1. The van der Waals surface area contributed by atoms with Crippen molar-refractivity contribution in [3.05, 3.63) is 30.1 Å². The van der Waals surface area contributed by atoms with Gasteiger partial charge in [-0.2, -0.15) is 4.31 Å². The van der Waals surface area contributed by atoms with E-state index < -0.39 is 15.8 Å². The molecule has 0 radical (unpaired) electrons. The number of piperazine rings is 1. The highest BCUT2D eigenvalue weighted by atomic mass is 32.2. The molecular weight excluding hydrogens is 379 g/mol. The Bertz CT molecular complexity index is 803. The minimum atomic E-state index is -3.73. The van der Waals surface area contributed by atoms with Gasteiger partial charge in [-0.1, -0.05) is 26.8 Å². The lowest BCUT2D eigenvalue weighted by Crippen LogP contribution is -2.52. The van der Waals surface area contributed by atoms with Crippen molar-refractivity contribution in [2.75, 3.05) is 26.2 Å². The number of hydrogen-bond acceptors (Lipinski definition) is 3. The van der Waals surface area contributed by atoms with Crippen LogP contribution in [0.2, 0.25) is 0 Å². The fraction of sp³-hybridized carbons (Fsp3) is 0.667. The second-order valence-electron chi connectivity index (χ2n) is 9.10. The van der Waals surface area contributed by atoms with Gasteiger partial charge < -0.3 is 4.90 Å². The molecule has 0 atom stereocenters. The van der Waals surface area contributed by atoms with Gasteiger partial charge in [-0.05, 0) is 55.2 Å². The Balaban J connectivity index is 1.56. The standard InChI is InChI=1S/C21H31FN2O3S/c1-21(2,3)17-9-7-16(8-10-17)20(25)23-11-13-24(14-12-23)28(26,27)19-6-4-5-18(22)15-19/h4-6,15-17H,7-14H2,1-3H3. The summed E-state index contributed by atoms with van der Waals surface area (Å²) in [5.41, 5.74) is 0.283. The van der Waals surface area contributed by atoms with E-state index in [4.69, 9.17) is 0 Å². The predicted molar refractivity (Wildman–Crippen MR) is 107 cm³/mol. The highest BCUT2D eigenvalue weighted by Crippen LogP contribution is 2.40. The molecule has 1 saturated carbocycles. The molecule has 1 heterocycles. The first-order valence-electron chi connectivity index (χ1n) is 10.1. The molecule has 1 aliphatic carbocycles. The van der Waals surface area contributed by atoms with Crippen molar-refractivity contribution in [1.29, 1.82) is 0 Å². The first kappa shape index (κ1) is 21.2. The molecule has 0 aromatic heterocycles. The van der Waals surface area contributed by atoms with Crippen LogP contribution in [0.3, 0.4) is 0 Å². The van der Waals surface area contributed by atoms with Crippen LogP contribution >= 0.6 is 0 Å². The maximum absolute atomic E-state index is 13.4. The minimum absolute atomic E-state index is 0.0345. The van der Waals surface area contributed by atoms with Crippen molar-refractivity contribution in [2.45, 2.75) is 51.3 Å². The maximum Gasteiger partial charge on any atom is 0.243 e. The molecule has 2 aliphatic rings. The number of rotatable bonds is 3. The minimum Gasteiger partial charge on any atom is -0.340 e. The lowest BCUT2D eigenvalue weighted by molar-refractivity contribution is -0.138. The second-order valence-corrected chi connectivity index (χ2v) is 11.0. The van der Waals surface area contributed by atoms with E-state index in [1.165, 1.54) is 22.5 Å².